The predicted molar refractivity (Wildman–Crippen MR) is 104 cm³/mol. The Labute approximate surface area is 163 Å². The number of hydrogen-bond donors (Lipinski definition) is 0. The number of piperidine rings is 1. The number of carbonyl (C=O) groups is 1. The first-order valence-corrected chi connectivity index (χ1v) is 9.44. The second kappa shape index (κ2) is 8.25. The highest BCUT2D eigenvalue weighted by molar-refractivity contribution is 5.79. The Morgan fingerprint density at radius 3 is 2.93 bits per heavy atom. The Balaban J connectivity index is 1.47. The van der Waals surface area contributed by atoms with E-state index >= 15 is 0 Å². The van der Waals surface area contributed by atoms with E-state index in [-0.39, 0.29) is 24.1 Å². The van der Waals surface area contributed by atoms with Gasteiger partial charge in [0.15, 0.2) is 5.82 Å². The molecule has 2 aromatic heterocycles. The molecule has 4 rings (SSSR count). The van der Waals surface area contributed by atoms with E-state index in [1.165, 1.54) is 12.1 Å². The van der Waals surface area contributed by atoms with Crippen molar-refractivity contribution >= 4 is 5.91 Å². The first-order valence-electron chi connectivity index (χ1n) is 9.44. The molecule has 142 valence electrons. The standard InChI is InChI=1S/C22H21FN4O/c23-19-7-1-4-16(12-19)13-21(28)27-11-3-6-18(15-27)20-8-10-25-22(26-20)17-5-2-9-24-14-17/h1-2,4-5,7-10,12,14,18H,3,6,11,13,15H2/t18-/m0/s1. The third kappa shape index (κ3) is 4.22. The van der Waals surface area contributed by atoms with Crippen LogP contribution < -0.4 is 0 Å². The van der Waals surface area contributed by atoms with Crippen molar-refractivity contribution < 1.29 is 9.18 Å². The van der Waals surface area contributed by atoms with Gasteiger partial charge in [-0.3, -0.25) is 9.78 Å². The van der Waals surface area contributed by atoms with Gasteiger partial charge < -0.3 is 4.90 Å². The maximum atomic E-state index is 13.4. The molecular weight excluding hydrogens is 355 g/mol. The fourth-order valence-corrected chi connectivity index (χ4v) is 3.61. The number of aromatic nitrogens is 3. The summed E-state index contributed by atoms with van der Waals surface area (Å²) in [5, 5.41) is 0. The van der Waals surface area contributed by atoms with E-state index in [0.29, 0.717) is 17.9 Å². The highest BCUT2D eigenvalue weighted by atomic mass is 19.1. The van der Waals surface area contributed by atoms with E-state index in [1.807, 2.05) is 23.1 Å². The van der Waals surface area contributed by atoms with Gasteiger partial charge in [-0.15, -0.1) is 0 Å². The summed E-state index contributed by atoms with van der Waals surface area (Å²) >= 11 is 0. The van der Waals surface area contributed by atoms with Gasteiger partial charge in [-0.1, -0.05) is 12.1 Å². The second-order valence-corrected chi connectivity index (χ2v) is 7.03. The van der Waals surface area contributed by atoms with Crippen LogP contribution >= 0.6 is 0 Å². The van der Waals surface area contributed by atoms with Crippen LogP contribution in [0.3, 0.4) is 0 Å². The monoisotopic (exact) mass is 376 g/mol. The lowest BCUT2D eigenvalue weighted by atomic mass is 9.94. The molecule has 1 fully saturated rings. The van der Waals surface area contributed by atoms with Gasteiger partial charge in [-0.25, -0.2) is 14.4 Å². The van der Waals surface area contributed by atoms with Crippen LogP contribution in [-0.2, 0) is 11.2 Å². The summed E-state index contributed by atoms with van der Waals surface area (Å²) < 4.78 is 13.4. The van der Waals surface area contributed by atoms with E-state index in [9.17, 15) is 9.18 Å². The molecule has 6 heteroatoms. The average molecular weight is 376 g/mol. The molecule has 0 N–H and O–H groups in total. The SMILES string of the molecule is O=C(Cc1cccc(F)c1)N1CCC[C@H](c2ccnc(-c3cccnc3)n2)C1. The third-order valence-electron chi connectivity index (χ3n) is 5.03. The topological polar surface area (TPSA) is 59.0 Å². The van der Waals surface area contributed by atoms with Crippen LogP contribution in [0.4, 0.5) is 4.39 Å². The molecule has 1 atom stereocenters. The first-order chi connectivity index (χ1) is 13.7. The van der Waals surface area contributed by atoms with Crippen LogP contribution in [0, 0.1) is 5.82 Å². The molecule has 1 saturated heterocycles. The number of carbonyl (C=O) groups excluding carboxylic acids is 1. The fraction of sp³-hybridized carbons (Fsp3) is 0.273. The molecule has 0 saturated carbocycles. The van der Waals surface area contributed by atoms with Crippen molar-refractivity contribution in [3.05, 3.63) is 78.1 Å². The maximum absolute atomic E-state index is 13.4. The minimum Gasteiger partial charge on any atom is -0.342 e. The Morgan fingerprint density at radius 1 is 1.18 bits per heavy atom. The van der Waals surface area contributed by atoms with Gasteiger partial charge in [0.05, 0.1) is 6.42 Å². The minimum atomic E-state index is -0.314. The van der Waals surface area contributed by atoms with Gasteiger partial charge in [0, 0.05) is 48.9 Å². The molecule has 3 heterocycles. The lowest BCUT2D eigenvalue weighted by molar-refractivity contribution is -0.131. The van der Waals surface area contributed by atoms with Crippen molar-refractivity contribution in [2.24, 2.45) is 0 Å². The van der Waals surface area contributed by atoms with Gasteiger partial charge in [-0.2, -0.15) is 0 Å². The Morgan fingerprint density at radius 2 is 2.11 bits per heavy atom. The summed E-state index contributed by atoms with van der Waals surface area (Å²) in [4.78, 5) is 27.8. The number of likely N-dealkylation sites (tertiary alicyclic amines) is 1. The van der Waals surface area contributed by atoms with Crippen LogP contribution in [0.2, 0.25) is 0 Å². The van der Waals surface area contributed by atoms with E-state index in [2.05, 4.69) is 9.97 Å². The summed E-state index contributed by atoms with van der Waals surface area (Å²) in [6, 6.07) is 11.9. The van der Waals surface area contributed by atoms with Gasteiger partial charge in [-0.05, 0) is 48.7 Å². The zero-order valence-electron chi connectivity index (χ0n) is 15.5. The normalized spacial score (nSPS) is 16.8. The molecule has 0 aliphatic carbocycles. The van der Waals surface area contributed by atoms with Crippen molar-refractivity contribution in [3.63, 3.8) is 0 Å². The van der Waals surface area contributed by atoms with E-state index < -0.39 is 0 Å². The molecule has 0 radical (unpaired) electrons. The van der Waals surface area contributed by atoms with Crippen LogP contribution in [0.1, 0.15) is 30.0 Å². The molecular formula is C22H21FN4O. The summed E-state index contributed by atoms with van der Waals surface area (Å²) in [6.45, 7) is 1.35. The van der Waals surface area contributed by atoms with Gasteiger partial charge >= 0.3 is 0 Å². The predicted octanol–water partition coefficient (Wildman–Crippen LogP) is 3.63. The van der Waals surface area contributed by atoms with Crippen molar-refractivity contribution in [1.29, 1.82) is 0 Å². The molecule has 1 aliphatic heterocycles. The molecule has 5 nitrogen and oxygen atoms in total. The molecule has 0 spiro atoms. The number of benzene rings is 1. The van der Waals surface area contributed by atoms with Crippen molar-refractivity contribution in [3.8, 4) is 11.4 Å². The zero-order chi connectivity index (χ0) is 19.3. The number of amides is 1. The lowest BCUT2D eigenvalue weighted by Crippen LogP contribution is -2.40. The highest BCUT2D eigenvalue weighted by Gasteiger charge is 2.26. The van der Waals surface area contributed by atoms with Crippen molar-refractivity contribution in [2.75, 3.05) is 13.1 Å². The minimum absolute atomic E-state index is 0.0249. The molecule has 0 bridgehead atoms. The van der Waals surface area contributed by atoms with Gasteiger partial charge in [0.1, 0.15) is 5.82 Å². The quantitative estimate of drug-likeness (QED) is 0.698. The number of halogens is 1. The molecule has 1 aliphatic rings. The van der Waals surface area contributed by atoms with Crippen LogP contribution in [0.5, 0.6) is 0 Å². The number of nitrogens with zero attached hydrogens (tertiary/aromatic N) is 4. The van der Waals surface area contributed by atoms with Gasteiger partial charge in [0.25, 0.3) is 0 Å². The first kappa shape index (κ1) is 18.2. The number of rotatable bonds is 4. The average Bonchev–Trinajstić information content (AvgIpc) is 2.74. The third-order valence-corrected chi connectivity index (χ3v) is 5.03. The van der Waals surface area contributed by atoms with Crippen molar-refractivity contribution in [2.45, 2.75) is 25.2 Å². The summed E-state index contributed by atoms with van der Waals surface area (Å²) in [5.74, 6) is 0.528. The summed E-state index contributed by atoms with van der Waals surface area (Å²) in [6.07, 6.45) is 7.35. The summed E-state index contributed by atoms with van der Waals surface area (Å²) in [7, 11) is 0. The maximum Gasteiger partial charge on any atom is 0.227 e. The smallest absolute Gasteiger partial charge is 0.227 e. The Kier molecular flexibility index (Phi) is 5.37. The van der Waals surface area contributed by atoms with Crippen molar-refractivity contribution in [1.82, 2.24) is 19.9 Å². The fourth-order valence-electron chi connectivity index (χ4n) is 3.61. The van der Waals surface area contributed by atoms with Crippen LogP contribution in [0.15, 0.2) is 61.1 Å². The Bertz CT molecular complexity index is 964. The Hall–Kier alpha value is -3.15. The second-order valence-electron chi connectivity index (χ2n) is 7.03. The largest absolute Gasteiger partial charge is 0.342 e. The number of hydrogen-bond acceptors (Lipinski definition) is 4. The van der Waals surface area contributed by atoms with E-state index in [4.69, 9.17) is 4.98 Å². The van der Waals surface area contributed by atoms with Crippen LogP contribution in [-0.4, -0.2) is 38.8 Å². The summed E-state index contributed by atoms with van der Waals surface area (Å²) in [5.41, 5.74) is 2.52. The molecule has 1 amide bonds. The number of pyridine rings is 1. The lowest BCUT2D eigenvalue weighted by Gasteiger charge is -2.32. The molecule has 28 heavy (non-hydrogen) atoms. The van der Waals surface area contributed by atoms with Crippen LogP contribution in [0.25, 0.3) is 11.4 Å². The highest BCUT2D eigenvalue weighted by Crippen LogP contribution is 2.27. The van der Waals surface area contributed by atoms with Gasteiger partial charge in [0.2, 0.25) is 5.91 Å². The van der Waals surface area contributed by atoms with E-state index in [0.717, 1.165) is 30.6 Å². The molecule has 3 aromatic rings. The molecule has 1 aromatic carbocycles. The zero-order valence-corrected chi connectivity index (χ0v) is 15.5. The van der Waals surface area contributed by atoms with E-state index in [1.54, 1.807) is 30.7 Å². The molecule has 0 unspecified atom stereocenters.